The number of anilines is 1. The Bertz CT molecular complexity index is 512. The van der Waals surface area contributed by atoms with E-state index in [0.29, 0.717) is 12.2 Å². The first-order valence-electron chi connectivity index (χ1n) is 6.66. The molecular weight excluding hydrogens is 260 g/mol. The van der Waals surface area contributed by atoms with E-state index >= 15 is 0 Å². The van der Waals surface area contributed by atoms with Gasteiger partial charge < -0.3 is 5.32 Å². The first-order valence-corrected chi connectivity index (χ1v) is 8.21. The maximum atomic E-state index is 12.1. The van der Waals surface area contributed by atoms with Crippen molar-refractivity contribution >= 4 is 15.7 Å². The summed E-state index contributed by atoms with van der Waals surface area (Å²) in [6, 6.07) is 5.58. The van der Waals surface area contributed by atoms with E-state index in [1.54, 1.807) is 13.0 Å². The highest BCUT2D eigenvalue weighted by molar-refractivity contribution is 7.93. The molecule has 0 aliphatic rings. The van der Waals surface area contributed by atoms with Gasteiger partial charge >= 0.3 is 0 Å². The summed E-state index contributed by atoms with van der Waals surface area (Å²) >= 11 is 0. The molecule has 1 aromatic carbocycles. The fourth-order valence-corrected chi connectivity index (χ4v) is 2.66. The first-order chi connectivity index (χ1) is 8.86. The van der Waals surface area contributed by atoms with Crippen molar-refractivity contribution in [1.82, 2.24) is 5.32 Å². The van der Waals surface area contributed by atoms with Gasteiger partial charge in [-0.2, -0.15) is 0 Å². The minimum atomic E-state index is -3.34. The quantitative estimate of drug-likeness (QED) is 0.756. The molecule has 0 bridgehead atoms. The molecule has 5 heteroatoms. The van der Waals surface area contributed by atoms with Crippen LogP contribution in [-0.2, 0) is 10.0 Å². The zero-order valence-electron chi connectivity index (χ0n) is 12.2. The molecule has 108 valence electrons. The third kappa shape index (κ3) is 4.84. The lowest BCUT2D eigenvalue weighted by atomic mass is 10.1. The van der Waals surface area contributed by atoms with Crippen molar-refractivity contribution in [3.63, 3.8) is 0 Å². The van der Waals surface area contributed by atoms with Gasteiger partial charge in [0.15, 0.2) is 0 Å². The maximum Gasteiger partial charge on any atom is 0.236 e. The van der Waals surface area contributed by atoms with E-state index in [-0.39, 0.29) is 0 Å². The lowest BCUT2D eigenvalue weighted by Gasteiger charge is -2.16. The molecule has 1 rings (SSSR count). The van der Waals surface area contributed by atoms with Crippen molar-refractivity contribution in [2.45, 2.75) is 39.4 Å². The van der Waals surface area contributed by atoms with Crippen LogP contribution >= 0.6 is 0 Å². The van der Waals surface area contributed by atoms with Gasteiger partial charge in [0.05, 0.1) is 5.25 Å². The number of benzene rings is 1. The Labute approximate surface area is 116 Å². The number of aryl methyl sites for hydroxylation is 2. The number of hydrogen-bond donors (Lipinski definition) is 2. The van der Waals surface area contributed by atoms with Gasteiger partial charge in [-0.05, 0) is 57.0 Å². The van der Waals surface area contributed by atoms with E-state index < -0.39 is 15.3 Å². The Kier molecular flexibility index (Phi) is 5.82. The second-order valence-electron chi connectivity index (χ2n) is 4.96. The third-order valence-electron chi connectivity index (χ3n) is 3.16. The monoisotopic (exact) mass is 284 g/mol. The number of nitrogens with one attached hydrogen (secondary N) is 2. The van der Waals surface area contributed by atoms with Crippen LogP contribution in [0.4, 0.5) is 5.69 Å². The van der Waals surface area contributed by atoms with Crippen molar-refractivity contribution in [3.8, 4) is 0 Å². The van der Waals surface area contributed by atoms with Gasteiger partial charge in [-0.3, -0.25) is 4.72 Å². The summed E-state index contributed by atoms with van der Waals surface area (Å²) in [5.74, 6) is 0. The Morgan fingerprint density at radius 3 is 2.47 bits per heavy atom. The highest BCUT2D eigenvalue weighted by Gasteiger charge is 2.20. The Balaban J connectivity index is 2.70. The normalized spacial score (nSPS) is 13.3. The molecule has 2 N–H and O–H groups in total. The molecule has 1 unspecified atom stereocenters. The van der Waals surface area contributed by atoms with Gasteiger partial charge in [0, 0.05) is 12.2 Å². The highest BCUT2D eigenvalue weighted by atomic mass is 32.2. The third-order valence-corrected chi connectivity index (χ3v) is 4.90. The van der Waals surface area contributed by atoms with E-state index in [2.05, 4.69) is 17.0 Å². The Morgan fingerprint density at radius 2 is 1.89 bits per heavy atom. The van der Waals surface area contributed by atoms with Crippen LogP contribution in [-0.4, -0.2) is 26.8 Å². The average molecular weight is 284 g/mol. The van der Waals surface area contributed by atoms with Gasteiger partial charge in [-0.25, -0.2) is 8.42 Å². The molecule has 4 nitrogen and oxygen atoms in total. The molecular formula is C14H24N2O2S. The predicted octanol–water partition coefficient (Wildman–Crippen LogP) is 2.43. The molecule has 19 heavy (non-hydrogen) atoms. The zero-order chi connectivity index (χ0) is 14.5. The molecule has 0 fully saturated rings. The van der Waals surface area contributed by atoms with Crippen molar-refractivity contribution in [3.05, 3.63) is 29.3 Å². The molecule has 1 atom stereocenters. The van der Waals surface area contributed by atoms with E-state index in [9.17, 15) is 8.42 Å². The summed E-state index contributed by atoms with van der Waals surface area (Å²) in [7, 11) is -3.34. The van der Waals surface area contributed by atoms with Crippen LogP contribution in [0.3, 0.4) is 0 Å². The lowest BCUT2D eigenvalue weighted by molar-refractivity contribution is 0.576. The number of hydrogen-bond acceptors (Lipinski definition) is 3. The van der Waals surface area contributed by atoms with Crippen molar-refractivity contribution < 1.29 is 8.42 Å². The number of sulfonamides is 1. The topological polar surface area (TPSA) is 58.2 Å². The minimum absolute atomic E-state index is 0.458. The van der Waals surface area contributed by atoms with E-state index in [1.165, 1.54) is 0 Å². The molecule has 0 aliphatic carbocycles. The highest BCUT2D eigenvalue weighted by Crippen LogP contribution is 2.16. The van der Waals surface area contributed by atoms with Crippen LogP contribution in [0.5, 0.6) is 0 Å². The summed E-state index contributed by atoms with van der Waals surface area (Å²) < 4.78 is 26.9. The van der Waals surface area contributed by atoms with Crippen molar-refractivity contribution in [2.24, 2.45) is 0 Å². The summed E-state index contributed by atoms with van der Waals surface area (Å²) in [6.07, 6.45) is 0.997. The van der Waals surface area contributed by atoms with Crippen LogP contribution < -0.4 is 10.0 Å². The summed E-state index contributed by atoms with van der Waals surface area (Å²) in [6.45, 7) is 9.05. The van der Waals surface area contributed by atoms with Crippen LogP contribution in [0.15, 0.2) is 18.2 Å². The zero-order valence-corrected chi connectivity index (χ0v) is 13.0. The summed E-state index contributed by atoms with van der Waals surface area (Å²) in [5, 5.41) is 2.67. The second kappa shape index (κ2) is 6.91. The Morgan fingerprint density at radius 1 is 1.21 bits per heavy atom. The lowest BCUT2D eigenvalue weighted by Crippen LogP contribution is -2.35. The van der Waals surface area contributed by atoms with Gasteiger partial charge in [0.1, 0.15) is 0 Å². The molecule has 0 radical (unpaired) electrons. The average Bonchev–Trinajstić information content (AvgIpc) is 2.33. The van der Waals surface area contributed by atoms with Gasteiger partial charge in [-0.1, -0.05) is 13.0 Å². The fourth-order valence-electron chi connectivity index (χ4n) is 1.66. The van der Waals surface area contributed by atoms with Gasteiger partial charge in [0.2, 0.25) is 10.0 Å². The van der Waals surface area contributed by atoms with Crippen LogP contribution in [0.25, 0.3) is 0 Å². The largest absolute Gasteiger partial charge is 0.315 e. The smallest absolute Gasteiger partial charge is 0.236 e. The van der Waals surface area contributed by atoms with Crippen LogP contribution in [0.2, 0.25) is 0 Å². The molecule has 0 heterocycles. The minimum Gasteiger partial charge on any atom is -0.315 e. The molecule has 1 aromatic rings. The molecule has 0 saturated heterocycles. The fraction of sp³-hybridized carbons (Fsp3) is 0.571. The molecule has 0 saturated carbocycles. The van der Waals surface area contributed by atoms with Crippen molar-refractivity contribution in [2.75, 3.05) is 17.8 Å². The molecule has 0 amide bonds. The standard InChI is InChI=1S/C14H24N2O2S/c1-5-8-15-10-13(4)19(17,18)16-14-7-6-11(2)12(3)9-14/h6-7,9,13,15-16H,5,8,10H2,1-4H3. The second-order valence-corrected chi connectivity index (χ2v) is 7.06. The maximum absolute atomic E-state index is 12.1. The first kappa shape index (κ1) is 16.0. The Hall–Kier alpha value is -1.07. The molecule has 0 spiro atoms. The van der Waals surface area contributed by atoms with Crippen LogP contribution in [0.1, 0.15) is 31.4 Å². The predicted molar refractivity (Wildman–Crippen MR) is 81.1 cm³/mol. The summed E-state index contributed by atoms with van der Waals surface area (Å²) in [5.41, 5.74) is 2.86. The van der Waals surface area contributed by atoms with Crippen LogP contribution in [0, 0.1) is 13.8 Å². The molecule has 0 aromatic heterocycles. The SMILES string of the molecule is CCCNCC(C)S(=O)(=O)Nc1ccc(C)c(C)c1. The van der Waals surface area contributed by atoms with Gasteiger partial charge in [-0.15, -0.1) is 0 Å². The molecule has 0 aliphatic heterocycles. The van der Waals surface area contributed by atoms with E-state index in [0.717, 1.165) is 24.1 Å². The number of rotatable bonds is 7. The summed E-state index contributed by atoms with van der Waals surface area (Å²) in [4.78, 5) is 0. The van der Waals surface area contributed by atoms with E-state index in [1.807, 2.05) is 26.0 Å². The van der Waals surface area contributed by atoms with Gasteiger partial charge in [0.25, 0.3) is 0 Å². The van der Waals surface area contributed by atoms with E-state index in [4.69, 9.17) is 0 Å². The van der Waals surface area contributed by atoms with Crippen molar-refractivity contribution in [1.29, 1.82) is 0 Å².